The highest BCUT2D eigenvalue weighted by Gasteiger charge is 2.22. The number of aryl methyl sites for hydroxylation is 1. The van der Waals surface area contributed by atoms with E-state index in [1.54, 1.807) is 11.0 Å². The van der Waals surface area contributed by atoms with Gasteiger partial charge in [0.2, 0.25) is 5.91 Å². The SMILES string of the molecule is CC(=O)N1CCCc2nc(C(=O)O)ccc21. The summed E-state index contributed by atoms with van der Waals surface area (Å²) in [5.41, 5.74) is 1.47. The van der Waals surface area contributed by atoms with E-state index in [0.29, 0.717) is 12.2 Å². The number of amides is 1. The van der Waals surface area contributed by atoms with E-state index in [4.69, 9.17) is 5.11 Å². The van der Waals surface area contributed by atoms with Crippen LogP contribution in [0.5, 0.6) is 0 Å². The quantitative estimate of drug-likeness (QED) is 0.768. The number of carboxylic acids is 1. The van der Waals surface area contributed by atoms with Gasteiger partial charge in [0.05, 0.1) is 11.4 Å². The van der Waals surface area contributed by atoms with Crippen molar-refractivity contribution >= 4 is 17.6 Å². The summed E-state index contributed by atoms with van der Waals surface area (Å²) in [6.07, 6.45) is 1.54. The normalized spacial score (nSPS) is 14.4. The lowest BCUT2D eigenvalue weighted by atomic mass is 10.1. The summed E-state index contributed by atoms with van der Waals surface area (Å²) in [7, 11) is 0. The molecule has 0 fully saturated rings. The van der Waals surface area contributed by atoms with Gasteiger partial charge in [0.15, 0.2) is 0 Å². The van der Waals surface area contributed by atoms with Gasteiger partial charge < -0.3 is 10.0 Å². The number of carbonyl (C=O) groups excluding carboxylic acids is 1. The second-order valence-corrected chi connectivity index (χ2v) is 3.74. The molecule has 1 N–H and O–H groups in total. The molecule has 1 aliphatic heterocycles. The molecule has 2 rings (SSSR count). The lowest BCUT2D eigenvalue weighted by molar-refractivity contribution is -0.116. The first-order valence-corrected chi connectivity index (χ1v) is 5.11. The number of hydrogen-bond acceptors (Lipinski definition) is 3. The Balaban J connectivity index is 2.44. The number of carboxylic acid groups (broad SMARTS) is 1. The minimum atomic E-state index is -1.04. The van der Waals surface area contributed by atoms with E-state index in [9.17, 15) is 9.59 Å². The molecule has 0 aliphatic carbocycles. The van der Waals surface area contributed by atoms with Gasteiger partial charge in [-0.2, -0.15) is 0 Å². The summed E-state index contributed by atoms with van der Waals surface area (Å²) >= 11 is 0. The smallest absolute Gasteiger partial charge is 0.354 e. The standard InChI is InChI=1S/C11H12N2O3/c1-7(14)13-6-2-3-8-10(13)5-4-9(12-8)11(15)16/h4-5H,2-3,6H2,1H3,(H,15,16). The third-order valence-electron chi connectivity index (χ3n) is 2.64. The zero-order valence-electron chi connectivity index (χ0n) is 8.93. The number of nitrogens with zero attached hydrogens (tertiary/aromatic N) is 2. The van der Waals surface area contributed by atoms with Crippen molar-refractivity contribution in [1.82, 2.24) is 4.98 Å². The van der Waals surface area contributed by atoms with Crippen molar-refractivity contribution in [3.05, 3.63) is 23.5 Å². The molecular formula is C11H12N2O3. The maximum Gasteiger partial charge on any atom is 0.354 e. The Hall–Kier alpha value is -1.91. The fourth-order valence-corrected chi connectivity index (χ4v) is 1.89. The fraction of sp³-hybridized carbons (Fsp3) is 0.364. The summed E-state index contributed by atoms with van der Waals surface area (Å²) in [5.74, 6) is -1.08. The van der Waals surface area contributed by atoms with Crippen molar-refractivity contribution in [2.24, 2.45) is 0 Å². The van der Waals surface area contributed by atoms with Gasteiger partial charge in [0.1, 0.15) is 5.69 Å². The molecule has 0 radical (unpaired) electrons. The first kappa shape index (κ1) is 10.6. The van der Waals surface area contributed by atoms with Gasteiger partial charge in [0, 0.05) is 13.5 Å². The van der Waals surface area contributed by atoms with Crippen molar-refractivity contribution in [1.29, 1.82) is 0 Å². The van der Waals surface area contributed by atoms with E-state index in [2.05, 4.69) is 4.98 Å². The Morgan fingerprint density at radius 2 is 2.19 bits per heavy atom. The van der Waals surface area contributed by atoms with E-state index in [0.717, 1.165) is 18.5 Å². The molecule has 5 heteroatoms. The third kappa shape index (κ3) is 1.76. The average Bonchev–Trinajstić information content (AvgIpc) is 2.27. The number of hydrogen-bond donors (Lipinski definition) is 1. The molecule has 5 nitrogen and oxygen atoms in total. The number of anilines is 1. The van der Waals surface area contributed by atoms with E-state index in [1.165, 1.54) is 13.0 Å². The van der Waals surface area contributed by atoms with Crippen LogP contribution in [0.3, 0.4) is 0 Å². The Morgan fingerprint density at radius 3 is 2.81 bits per heavy atom. The predicted molar refractivity (Wildman–Crippen MR) is 57.5 cm³/mol. The number of carbonyl (C=O) groups is 2. The van der Waals surface area contributed by atoms with Gasteiger partial charge in [-0.3, -0.25) is 4.79 Å². The number of pyridine rings is 1. The summed E-state index contributed by atoms with van der Waals surface area (Å²) in [4.78, 5) is 27.8. The van der Waals surface area contributed by atoms with Gasteiger partial charge in [-0.15, -0.1) is 0 Å². The predicted octanol–water partition coefficient (Wildman–Crippen LogP) is 1.08. The highest BCUT2D eigenvalue weighted by Crippen LogP contribution is 2.25. The van der Waals surface area contributed by atoms with E-state index in [-0.39, 0.29) is 11.6 Å². The van der Waals surface area contributed by atoms with Crippen molar-refractivity contribution in [3.63, 3.8) is 0 Å². The lowest BCUT2D eigenvalue weighted by Crippen LogP contribution is -2.34. The number of aromatic carboxylic acids is 1. The lowest BCUT2D eigenvalue weighted by Gasteiger charge is -2.27. The van der Waals surface area contributed by atoms with Crippen molar-refractivity contribution < 1.29 is 14.7 Å². The molecule has 84 valence electrons. The molecule has 1 aromatic heterocycles. The Kier molecular flexibility index (Phi) is 2.60. The number of fused-ring (bicyclic) bond motifs is 1. The minimum Gasteiger partial charge on any atom is -0.477 e. The van der Waals surface area contributed by atoms with E-state index >= 15 is 0 Å². The topological polar surface area (TPSA) is 70.5 Å². The van der Waals surface area contributed by atoms with Crippen LogP contribution in [0.25, 0.3) is 0 Å². The fourth-order valence-electron chi connectivity index (χ4n) is 1.89. The van der Waals surface area contributed by atoms with E-state index in [1.807, 2.05) is 0 Å². The molecule has 0 saturated carbocycles. The van der Waals surface area contributed by atoms with Crippen LogP contribution in [0.4, 0.5) is 5.69 Å². The zero-order chi connectivity index (χ0) is 11.7. The monoisotopic (exact) mass is 220 g/mol. The Labute approximate surface area is 92.7 Å². The molecule has 0 saturated heterocycles. The first-order chi connectivity index (χ1) is 7.59. The van der Waals surface area contributed by atoms with Crippen LogP contribution in [0, 0.1) is 0 Å². The Bertz CT molecular complexity index is 457. The summed E-state index contributed by atoms with van der Waals surface area (Å²) in [5, 5.41) is 8.82. The number of rotatable bonds is 1. The van der Waals surface area contributed by atoms with Crippen LogP contribution in [0.15, 0.2) is 12.1 Å². The Morgan fingerprint density at radius 1 is 1.44 bits per heavy atom. The molecule has 1 aliphatic rings. The second-order valence-electron chi connectivity index (χ2n) is 3.74. The average molecular weight is 220 g/mol. The zero-order valence-corrected chi connectivity index (χ0v) is 8.93. The molecule has 0 bridgehead atoms. The van der Waals surface area contributed by atoms with Gasteiger partial charge in [0.25, 0.3) is 0 Å². The molecule has 16 heavy (non-hydrogen) atoms. The molecule has 0 aromatic carbocycles. The summed E-state index contributed by atoms with van der Waals surface area (Å²) in [6, 6.07) is 3.09. The summed E-state index contributed by atoms with van der Waals surface area (Å²) < 4.78 is 0. The highest BCUT2D eigenvalue weighted by molar-refractivity contribution is 5.93. The molecule has 0 unspecified atom stereocenters. The van der Waals surface area contributed by atoms with Crippen molar-refractivity contribution in [2.45, 2.75) is 19.8 Å². The van der Waals surface area contributed by atoms with Gasteiger partial charge >= 0.3 is 5.97 Å². The molecule has 0 spiro atoms. The molecule has 0 atom stereocenters. The van der Waals surface area contributed by atoms with Crippen molar-refractivity contribution in [3.8, 4) is 0 Å². The molecule has 2 heterocycles. The highest BCUT2D eigenvalue weighted by atomic mass is 16.4. The molecule has 1 aromatic rings. The van der Waals surface area contributed by atoms with Gasteiger partial charge in [-0.05, 0) is 25.0 Å². The van der Waals surface area contributed by atoms with Crippen LogP contribution in [-0.4, -0.2) is 28.5 Å². The van der Waals surface area contributed by atoms with Crippen LogP contribution < -0.4 is 4.90 Å². The largest absolute Gasteiger partial charge is 0.477 e. The van der Waals surface area contributed by atoms with Gasteiger partial charge in [-0.25, -0.2) is 9.78 Å². The maximum atomic E-state index is 11.4. The summed E-state index contributed by atoms with van der Waals surface area (Å²) in [6.45, 7) is 2.18. The molecular weight excluding hydrogens is 208 g/mol. The van der Waals surface area contributed by atoms with Crippen LogP contribution in [0.1, 0.15) is 29.5 Å². The molecule has 1 amide bonds. The maximum absolute atomic E-state index is 11.4. The van der Waals surface area contributed by atoms with Crippen molar-refractivity contribution in [2.75, 3.05) is 11.4 Å². The first-order valence-electron chi connectivity index (χ1n) is 5.11. The van der Waals surface area contributed by atoms with Gasteiger partial charge in [-0.1, -0.05) is 0 Å². The van der Waals surface area contributed by atoms with Crippen LogP contribution in [-0.2, 0) is 11.2 Å². The third-order valence-corrected chi connectivity index (χ3v) is 2.64. The van der Waals surface area contributed by atoms with E-state index < -0.39 is 5.97 Å². The van der Waals surface area contributed by atoms with Crippen LogP contribution >= 0.6 is 0 Å². The minimum absolute atomic E-state index is 0.0316. The van der Waals surface area contributed by atoms with Crippen LogP contribution in [0.2, 0.25) is 0 Å². The number of aromatic nitrogens is 1. The second kappa shape index (κ2) is 3.92.